The number of halogens is 2. The Hall–Kier alpha value is -1.44. The van der Waals surface area contributed by atoms with Crippen molar-refractivity contribution in [3.8, 4) is 0 Å². The van der Waals surface area contributed by atoms with Gasteiger partial charge in [-0.25, -0.2) is 0 Å². The van der Waals surface area contributed by atoms with E-state index in [-0.39, 0.29) is 18.1 Å². The van der Waals surface area contributed by atoms with Gasteiger partial charge < -0.3 is 10.1 Å². The average Bonchev–Trinajstić information content (AvgIpc) is 3.02. The number of Topliss-reactive ketones (excluding diaryl/α,β-unsaturated/α-hetero) is 1. The van der Waals surface area contributed by atoms with Crippen molar-refractivity contribution in [1.29, 1.82) is 0 Å². The number of amides is 1. The molecule has 1 aromatic heterocycles. The van der Waals surface area contributed by atoms with Gasteiger partial charge in [-0.1, -0.05) is 35.3 Å². The second kappa shape index (κ2) is 9.66. The molecular weight excluding hydrogens is 407 g/mol. The van der Waals surface area contributed by atoms with Crippen molar-refractivity contribution in [3.05, 3.63) is 55.7 Å². The van der Waals surface area contributed by atoms with Crippen LogP contribution in [0.4, 0.5) is 0 Å². The molecule has 1 saturated heterocycles. The molecule has 1 aliphatic heterocycles. The molecule has 0 spiro atoms. The smallest absolute Gasteiger partial charge is 0.228 e. The van der Waals surface area contributed by atoms with Crippen molar-refractivity contribution in [2.45, 2.75) is 19.5 Å². The predicted molar refractivity (Wildman–Crippen MR) is 108 cm³/mol. The molecular formula is C19H20Cl2N2O3S. The molecule has 1 fully saturated rings. The van der Waals surface area contributed by atoms with Crippen molar-refractivity contribution in [3.63, 3.8) is 0 Å². The van der Waals surface area contributed by atoms with E-state index in [9.17, 15) is 9.59 Å². The number of carbonyl (C=O) groups is 2. The van der Waals surface area contributed by atoms with E-state index in [2.05, 4.69) is 10.2 Å². The Kier molecular flexibility index (Phi) is 7.26. The van der Waals surface area contributed by atoms with Gasteiger partial charge in [0.15, 0.2) is 5.78 Å². The molecule has 1 aliphatic rings. The van der Waals surface area contributed by atoms with Gasteiger partial charge in [0.2, 0.25) is 5.91 Å². The van der Waals surface area contributed by atoms with Crippen molar-refractivity contribution < 1.29 is 14.3 Å². The highest BCUT2D eigenvalue weighted by Crippen LogP contribution is 2.29. The number of nitrogens with one attached hydrogen (secondary N) is 1. The SMILES string of the molecule is O=C(CC(=O)c1cc(CN2CCOCC2)sc1Cl)NCc1ccc(Cl)cc1. The van der Waals surface area contributed by atoms with Crippen LogP contribution in [0.1, 0.15) is 27.2 Å². The number of morpholine rings is 1. The molecule has 0 saturated carbocycles. The second-order valence-corrected chi connectivity index (χ2v) is 8.47. The number of hydrogen-bond donors (Lipinski definition) is 1. The molecule has 1 N–H and O–H groups in total. The zero-order valence-corrected chi connectivity index (χ0v) is 17.0. The summed E-state index contributed by atoms with van der Waals surface area (Å²) in [5.41, 5.74) is 1.34. The standard InChI is InChI=1S/C19H20Cl2N2O3S/c20-14-3-1-13(2-4-14)11-22-18(25)10-17(24)16-9-15(27-19(16)21)12-23-5-7-26-8-6-23/h1-4,9H,5-8,10-12H2,(H,22,25). The summed E-state index contributed by atoms with van der Waals surface area (Å²) in [6.45, 7) is 4.27. The number of benzene rings is 1. The fraction of sp³-hybridized carbons (Fsp3) is 0.368. The lowest BCUT2D eigenvalue weighted by molar-refractivity contribution is -0.120. The molecule has 1 amide bonds. The Bertz CT molecular complexity index is 802. The third-order valence-corrected chi connectivity index (χ3v) is 5.84. The number of ether oxygens (including phenoxy) is 1. The third kappa shape index (κ3) is 6.02. The van der Waals surface area contributed by atoms with E-state index < -0.39 is 0 Å². The monoisotopic (exact) mass is 426 g/mol. The van der Waals surface area contributed by atoms with E-state index in [4.69, 9.17) is 27.9 Å². The van der Waals surface area contributed by atoms with Crippen LogP contribution in [0.2, 0.25) is 9.36 Å². The number of nitrogens with zero attached hydrogens (tertiary/aromatic N) is 1. The zero-order valence-electron chi connectivity index (χ0n) is 14.7. The maximum absolute atomic E-state index is 12.4. The molecule has 5 nitrogen and oxygen atoms in total. The first-order valence-corrected chi connectivity index (χ1v) is 10.2. The summed E-state index contributed by atoms with van der Waals surface area (Å²) >= 11 is 13.5. The van der Waals surface area contributed by atoms with Gasteiger partial charge in [0, 0.05) is 41.6 Å². The van der Waals surface area contributed by atoms with Crippen LogP contribution >= 0.6 is 34.5 Å². The number of carbonyl (C=O) groups excluding carboxylic acids is 2. The molecule has 1 aromatic carbocycles. The van der Waals surface area contributed by atoms with Crippen molar-refractivity contribution in [2.75, 3.05) is 26.3 Å². The molecule has 0 aliphatic carbocycles. The van der Waals surface area contributed by atoms with Gasteiger partial charge in [-0.3, -0.25) is 14.5 Å². The lowest BCUT2D eigenvalue weighted by Gasteiger charge is -2.25. The molecule has 0 radical (unpaired) electrons. The summed E-state index contributed by atoms with van der Waals surface area (Å²) in [6.07, 6.45) is -0.221. The number of rotatable bonds is 7. The van der Waals surface area contributed by atoms with Gasteiger partial charge in [0.05, 0.1) is 19.6 Å². The summed E-state index contributed by atoms with van der Waals surface area (Å²) in [5.74, 6) is -0.593. The Labute approximate surface area is 172 Å². The number of hydrogen-bond acceptors (Lipinski definition) is 5. The van der Waals surface area contributed by atoms with E-state index in [0.717, 1.165) is 43.3 Å². The van der Waals surface area contributed by atoms with Crippen LogP contribution in [0.3, 0.4) is 0 Å². The second-order valence-electron chi connectivity index (χ2n) is 6.29. The lowest BCUT2D eigenvalue weighted by atomic mass is 10.1. The molecule has 144 valence electrons. The van der Waals surface area contributed by atoms with Crippen molar-refractivity contribution in [1.82, 2.24) is 10.2 Å². The third-order valence-electron chi connectivity index (χ3n) is 4.25. The van der Waals surface area contributed by atoms with Gasteiger partial charge in [-0.2, -0.15) is 0 Å². The molecule has 2 aromatic rings. The van der Waals surface area contributed by atoms with Crippen LogP contribution in [-0.4, -0.2) is 42.9 Å². The number of thiophene rings is 1. The minimum Gasteiger partial charge on any atom is -0.379 e. The fourth-order valence-electron chi connectivity index (χ4n) is 2.77. The van der Waals surface area contributed by atoms with E-state index in [0.29, 0.717) is 21.5 Å². The normalized spacial score (nSPS) is 14.9. The molecule has 0 bridgehead atoms. The first-order valence-electron chi connectivity index (χ1n) is 8.64. The van der Waals surface area contributed by atoms with Crippen molar-refractivity contribution in [2.24, 2.45) is 0 Å². The summed E-state index contributed by atoms with van der Waals surface area (Å²) < 4.78 is 5.78. The maximum Gasteiger partial charge on any atom is 0.228 e. The van der Waals surface area contributed by atoms with Crippen LogP contribution in [0.5, 0.6) is 0 Å². The Balaban J connectivity index is 1.52. The largest absolute Gasteiger partial charge is 0.379 e. The van der Waals surface area contributed by atoms with E-state index in [1.807, 2.05) is 12.1 Å². The zero-order chi connectivity index (χ0) is 19.2. The topological polar surface area (TPSA) is 58.6 Å². The molecule has 8 heteroatoms. The van der Waals surface area contributed by atoms with Gasteiger partial charge in [-0.05, 0) is 23.8 Å². The highest BCUT2D eigenvalue weighted by Gasteiger charge is 2.19. The quantitative estimate of drug-likeness (QED) is 0.540. The summed E-state index contributed by atoms with van der Waals surface area (Å²) in [5, 5.41) is 3.39. The van der Waals surface area contributed by atoms with Crippen LogP contribution in [0.15, 0.2) is 30.3 Å². The fourth-order valence-corrected chi connectivity index (χ4v) is 4.29. The molecule has 2 heterocycles. The Morgan fingerprint density at radius 1 is 1.15 bits per heavy atom. The highest BCUT2D eigenvalue weighted by molar-refractivity contribution is 7.16. The minimum absolute atomic E-state index is 0.221. The minimum atomic E-state index is -0.327. The Morgan fingerprint density at radius 3 is 2.56 bits per heavy atom. The lowest BCUT2D eigenvalue weighted by Crippen LogP contribution is -2.35. The molecule has 0 unspecified atom stereocenters. The van der Waals surface area contributed by atoms with Gasteiger partial charge in [0.25, 0.3) is 0 Å². The van der Waals surface area contributed by atoms with Crippen molar-refractivity contribution >= 4 is 46.2 Å². The van der Waals surface area contributed by atoms with E-state index in [1.54, 1.807) is 18.2 Å². The van der Waals surface area contributed by atoms with Gasteiger partial charge in [-0.15, -0.1) is 11.3 Å². The Morgan fingerprint density at radius 2 is 1.85 bits per heavy atom. The predicted octanol–water partition coefficient (Wildman–Crippen LogP) is 3.78. The molecule has 0 atom stereocenters. The molecule has 27 heavy (non-hydrogen) atoms. The maximum atomic E-state index is 12.4. The first kappa shape index (κ1) is 20.3. The van der Waals surface area contributed by atoms with Crippen LogP contribution < -0.4 is 5.32 Å². The highest BCUT2D eigenvalue weighted by atomic mass is 35.5. The summed E-state index contributed by atoms with van der Waals surface area (Å²) in [6, 6.07) is 8.98. The van der Waals surface area contributed by atoms with Gasteiger partial charge in [0.1, 0.15) is 4.34 Å². The average molecular weight is 427 g/mol. The number of ketones is 1. The van der Waals surface area contributed by atoms with E-state index in [1.165, 1.54) is 11.3 Å². The van der Waals surface area contributed by atoms with E-state index >= 15 is 0 Å². The first-order chi connectivity index (χ1) is 13.0. The van der Waals surface area contributed by atoms with Crippen LogP contribution in [0, 0.1) is 0 Å². The molecule has 3 rings (SSSR count). The summed E-state index contributed by atoms with van der Waals surface area (Å²) in [7, 11) is 0. The van der Waals surface area contributed by atoms with Gasteiger partial charge >= 0.3 is 0 Å². The summed E-state index contributed by atoms with van der Waals surface area (Å²) in [4.78, 5) is 27.8. The van der Waals surface area contributed by atoms with Crippen LogP contribution in [-0.2, 0) is 22.6 Å². The van der Waals surface area contributed by atoms with Crippen LogP contribution in [0.25, 0.3) is 0 Å².